The molecule has 0 aliphatic rings. The molecule has 1 unspecified atom stereocenters. The molecule has 0 radical (unpaired) electrons. The third-order valence-electron chi connectivity index (χ3n) is 2.32. The molecule has 88 valence electrons. The maximum Gasteiger partial charge on any atom is 0.222 e. The quantitative estimate of drug-likeness (QED) is 0.825. The molecular weight excluding hydrogens is 212 g/mol. The van der Waals surface area contributed by atoms with Crippen LogP contribution in [0.15, 0.2) is 48.8 Å². The summed E-state index contributed by atoms with van der Waals surface area (Å²) in [6.07, 6.45) is 3.45. The van der Waals surface area contributed by atoms with Crippen molar-refractivity contribution in [3.63, 3.8) is 0 Å². The third-order valence-corrected chi connectivity index (χ3v) is 2.32. The minimum atomic E-state index is 0.307. The molecule has 1 aromatic heterocycles. The first kappa shape index (κ1) is 11.4. The highest BCUT2D eigenvalue weighted by molar-refractivity contribution is 5.43. The number of benzene rings is 1. The van der Waals surface area contributed by atoms with Crippen molar-refractivity contribution in [1.29, 1.82) is 0 Å². The molecule has 4 nitrogen and oxygen atoms in total. The summed E-state index contributed by atoms with van der Waals surface area (Å²) in [6, 6.07) is 12.3. The van der Waals surface area contributed by atoms with E-state index in [1.54, 1.807) is 18.5 Å². The molecule has 0 fully saturated rings. The van der Waals surface area contributed by atoms with Crippen molar-refractivity contribution in [3.05, 3.63) is 48.8 Å². The van der Waals surface area contributed by atoms with Gasteiger partial charge >= 0.3 is 0 Å². The number of para-hydroxylation sites is 1. The van der Waals surface area contributed by atoms with Crippen LogP contribution in [0.2, 0.25) is 0 Å². The van der Waals surface area contributed by atoms with E-state index < -0.39 is 0 Å². The van der Waals surface area contributed by atoms with Crippen LogP contribution in [0.4, 0.5) is 11.6 Å². The van der Waals surface area contributed by atoms with E-state index >= 15 is 0 Å². The fraction of sp³-hybridized carbons (Fsp3) is 0.231. The van der Waals surface area contributed by atoms with Gasteiger partial charge in [-0.1, -0.05) is 18.2 Å². The van der Waals surface area contributed by atoms with Gasteiger partial charge in [-0.05, 0) is 25.1 Å². The summed E-state index contributed by atoms with van der Waals surface area (Å²) in [5.74, 6) is 0.661. The molecule has 17 heavy (non-hydrogen) atoms. The number of nitrogens with zero attached hydrogens (tertiary/aromatic N) is 2. The normalized spacial score (nSPS) is 11.8. The standard InChI is InChI=1S/C13H16N4/c1-11(17-12-6-3-2-4-7-12)10-16-13-14-8-5-9-15-13/h2-9,11,17H,10H2,1H3,(H,14,15,16). The first-order valence-corrected chi connectivity index (χ1v) is 5.67. The highest BCUT2D eigenvalue weighted by Crippen LogP contribution is 2.07. The lowest BCUT2D eigenvalue weighted by Crippen LogP contribution is -2.25. The maximum atomic E-state index is 4.11. The van der Waals surface area contributed by atoms with Crippen molar-refractivity contribution in [2.75, 3.05) is 17.2 Å². The van der Waals surface area contributed by atoms with E-state index in [0.29, 0.717) is 12.0 Å². The van der Waals surface area contributed by atoms with Gasteiger partial charge in [0.15, 0.2) is 0 Å². The topological polar surface area (TPSA) is 49.8 Å². The Labute approximate surface area is 101 Å². The molecular formula is C13H16N4. The summed E-state index contributed by atoms with van der Waals surface area (Å²) in [5.41, 5.74) is 1.12. The highest BCUT2D eigenvalue weighted by atomic mass is 15.1. The van der Waals surface area contributed by atoms with Gasteiger partial charge in [0, 0.05) is 30.7 Å². The smallest absolute Gasteiger partial charge is 0.222 e. The van der Waals surface area contributed by atoms with Crippen LogP contribution >= 0.6 is 0 Å². The first-order valence-electron chi connectivity index (χ1n) is 5.67. The number of hydrogen-bond acceptors (Lipinski definition) is 4. The fourth-order valence-electron chi connectivity index (χ4n) is 1.50. The average Bonchev–Trinajstić information content (AvgIpc) is 2.39. The highest BCUT2D eigenvalue weighted by Gasteiger charge is 2.01. The summed E-state index contributed by atoms with van der Waals surface area (Å²) in [5, 5.41) is 6.57. The Morgan fingerprint density at radius 3 is 2.47 bits per heavy atom. The number of rotatable bonds is 5. The molecule has 0 saturated heterocycles. The van der Waals surface area contributed by atoms with Crippen molar-refractivity contribution < 1.29 is 0 Å². The van der Waals surface area contributed by atoms with E-state index in [-0.39, 0.29) is 0 Å². The van der Waals surface area contributed by atoms with Crippen molar-refractivity contribution in [1.82, 2.24) is 9.97 Å². The van der Waals surface area contributed by atoms with Crippen LogP contribution in [0, 0.1) is 0 Å². The SMILES string of the molecule is CC(CNc1ncccn1)Nc1ccccc1. The van der Waals surface area contributed by atoms with E-state index in [2.05, 4.69) is 39.7 Å². The van der Waals surface area contributed by atoms with Gasteiger partial charge in [-0.15, -0.1) is 0 Å². The van der Waals surface area contributed by atoms with Crippen molar-refractivity contribution in [2.45, 2.75) is 13.0 Å². The van der Waals surface area contributed by atoms with E-state index in [1.165, 1.54) is 0 Å². The zero-order valence-corrected chi connectivity index (χ0v) is 9.80. The van der Waals surface area contributed by atoms with E-state index in [9.17, 15) is 0 Å². The molecule has 0 spiro atoms. The largest absolute Gasteiger partial charge is 0.381 e. The molecule has 2 aromatic rings. The van der Waals surface area contributed by atoms with Gasteiger partial charge in [0.25, 0.3) is 0 Å². The zero-order valence-electron chi connectivity index (χ0n) is 9.80. The summed E-state index contributed by atoms with van der Waals surface area (Å²) < 4.78 is 0. The molecule has 2 rings (SSSR count). The van der Waals surface area contributed by atoms with Crippen molar-refractivity contribution in [2.24, 2.45) is 0 Å². The molecule has 0 bridgehead atoms. The second-order valence-electron chi connectivity index (χ2n) is 3.86. The van der Waals surface area contributed by atoms with E-state index in [4.69, 9.17) is 0 Å². The van der Waals surface area contributed by atoms with Crippen molar-refractivity contribution in [3.8, 4) is 0 Å². The Hall–Kier alpha value is -2.10. The van der Waals surface area contributed by atoms with Gasteiger partial charge < -0.3 is 10.6 Å². The average molecular weight is 228 g/mol. The van der Waals surface area contributed by atoms with Gasteiger partial charge in [-0.2, -0.15) is 0 Å². The van der Waals surface area contributed by atoms with Gasteiger partial charge in [0.1, 0.15) is 0 Å². The third kappa shape index (κ3) is 3.75. The van der Waals surface area contributed by atoms with Crippen LogP contribution in [0.1, 0.15) is 6.92 Å². The van der Waals surface area contributed by atoms with Crippen LogP contribution in [0.5, 0.6) is 0 Å². The Morgan fingerprint density at radius 2 is 1.76 bits per heavy atom. The minimum Gasteiger partial charge on any atom is -0.381 e. The molecule has 1 atom stereocenters. The molecule has 0 aliphatic heterocycles. The number of hydrogen-bond donors (Lipinski definition) is 2. The Bertz CT molecular complexity index is 430. The number of aromatic nitrogens is 2. The Kier molecular flexibility index (Phi) is 3.91. The summed E-state index contributed by atoms with van der Waals surface area (Å²) in [6.45, 7) is 2.89. The fourth-order valence-corrected chi connectivity index (χ4v) is 1.50. The van der Waals surface area contributed by atoms with Gasteiger partial charge in [0.05, 0.1) is 0 Å². The molecule has 1 heterocycles. The van der Waals surface area contributed by atoms with Crippen LogP contribution < -0.4 is 10.6 Å². The molecule has 4 heteroatoms. The maximum absolute atomic E-state index is 4.11. The van der Waals surface area contributed by atoms with Crippen LogP contribution in [-0.4, -0.2) is 22.6 Å². The van der Waals surface area contributed by atoms with Gasteiger partial charge in [0.2, 0.25) is 5.95 Å². The van der Waals surface area contributed by atoms with Crippen LogP contribution in [-0.2, 0) is 0 Å². The second-order valence-corrected chi connectivity index (χ2v) is 3.86. The predicted molar refractivity (Wildman–Crippen MR) is 70.0 cm³/mol. The number of anilines is 2. The summed E-state index contributed by atoms with van der Waals surface area (Å²) >= 11 is 0. The first-order chi connectivity index (χ1) is 8.34. The molecule has 2 N–H and O–H groups in total. The number of nitrogens with one attached hydrogen (secondary N) is 2. The van der Waals surface area contributed by atoms with Crippen LogP contribution in [0.3, 0.4) is 0 Å². The predicted octanol–water partition coefficient (Wildman–Crippen LogP) is 2.39. The van der Waals surface area contributed by atoms with Gasteiger partial charge in [-0.3, -0.25) is 0 Å². The lowest BCUT2D eigenvalue weighted by molar-refractivity contribution is 0.826. The van der Waals surface area contributed by atoms with Crippen LogP contribution in [0.25, 0.3) is 0 Å². The molecule has 0 saturated carbocycles. The summed E-state index contributed by atoms with van der Waals surface area (Å²) in [7, 11) is 0. The zero-order chi connectivity index (χ0) is 11.9. The van der Waals surface area contributed by atoms with E-state index in [0.717, 1.165) is 12.2 Å². The Balaban J connectivity index is 1.80. The Morgan fingerprint density at radius 1 is 1.06 bits per heavy atom. The monoisotopic (exact) mass is 228 g/mol. The molecule has 0 amide bonds. The lowest BCUT2D eigenvalue weighted by atomic mass is 10.2. The van der Waals surface area contributed by atoms with Crippen molar-refractivity contribution >= 4 is 11.6 Å². The minimum absolute atomic E-state index is 0.307. The molecule has 1 aromatic carbocycles. The lowest BCUT2D eigenvalue weighted by Gasteiger charge is -2.15. The second kappa shape index (κ2) is 5.84. The van der Waals surface area contributed by atoms with E-state index in [1.807, 2.05) is 18.2 Å². The molecule has 0 aliphatic carbocycles. The summed E-state index contributed by atoms with van der Waals surface area (Å²) in [4.78, 5) is 8.22. The van der Waals surface area contributed by atoms with Gasteiger partial charge in [-0.25, -0.2) is 9.97 Å².